The zero-order chi connectivity index (χ0) is 24.3. The van der Waals surface area contributed by atoms with E-state index in [2.05, 4.69) is 71.0 Å². The van der Waals surface area contributed by atoms with E-state index in [9.17, 15) is 0 Å². The number of anilines is 2. The number of hydrogen-bond acceptors (Lipinski definition) is 6. The van der Waals surface area contributed by atoms with Gasteiger partial charge in [-0.05, 0) is 79.5 Å². The van der Waals surface area contributed by atoms with E-state index in [1.807, 2.05) is 6.92 Å². The van der Waals surface area contributed by atoms with E-state index in [1.54, 1.807) is 0 Å². The van der Waals surface area contributed by atoms with Gasteiger partial charge in [-0.2, -0.15) is 4.98 Å². The molecule has 1 aliphatic heterocycles. The van der Waals surface area contributed by atoms with E-state index in [4.69, 9.17) is 15.5 Å². The quantitative estimate of drug-likeness (QED) is 0.424. The number of imidazole rings is 1. The molecule has 7 nitrogen and oxygen atoms in total. The number of rotatable bonds is 2. The molecule has 180 valence electrons. The summed E-state index contributed by atoms with van der Waals surface area (Å²) in [4.78, 5) is 19.6. The lowest BCUT2D eigenvalue weighted by Gasteiger charge is -2.34. The number of nitrogens with zero attached hydrogens (tertiary/aromatic N) is 4. The zero-order valence-corrected chi connectivity index (χ0v) is 20.9. The summed E-state index contributed by atoms with van der Waals surface area (Å²) in [5.41, 5.74) is 15.4. The predicted octanol–water partition coefficient (Wildman–Crippen LogP) is 5.13. The normalized spacial score (nSPS) is 17.0. The van der Waals surface area contributed by atoms with Gasteiger partial charge in [-0.1, -0.05) is 19.9 Å². The van der Waals surface area contributed by atoms with Gasteiger partial charge in [-0.25, -0.2) is 9.97 Å². The number of fused-ring (bicyclic) bond motifs is 3. The Morgan fingerprint density at radius 1 is 1.06 bits per heavy atom. The third-order valence-corrected chi connectivity index (χ3v) is 7.34. The van der Waals surface area contributed by atoms with Crippen molar-refractivity contribution in [3.05, 3.63) is 58.5 Å². The Morgan fingerprint density at radius 3 is 2.77 bits per heavy atom. The third kappa shape index (κ3) is 3.99. The summed E-state index contributed by atoms with van der Waals surface area (Å²) in [5, 5.41) is 0. The minimum absolute atomic E-state index is 0.231. The molecule has 1 aliphatic carbocycles. The van der Waals surface area contributed by atoms with Crippen LogP contribution in [0.2, 0.25) is 0 Å². The monoisotopic (exact) mass is 468 g/mol. The summed E-state index contributed by atoms with van der Waals surface area (Å²) in [5.74, 6) is 3.23. The Balaban J connectivity index is 1.41. The summed E-state index contributed by atoms with van der Waals surface area (Å²) in [6.07, 6.45) is 3.02. The maximum Gasteiger partial charge on any atom is 0.222 e. The van der Waals surface area contributed by atoms with Crippen LogP contribution in [0, 0.1) is 19.3 Å². The summed E-state index contributed by atoms with van der Waals surface area (Å²) in [6.45, 7) is 10.8. The topological polar surface area (TPSA) is 93.0 Å². The highest BCUT2D eigenvalue weighted by molar-refractivity contribution is 5.82. The van der Waals surface area contributed by atoms with Crippen molar-refractivity contribution >= 4 is 22.8 Å². The van der Waals surface area contributed by atoms with Gasteiger partial charge in [0.2, 0.25) is 5.95 Å². The van der Waals surface area contributed by atoms with Crippen LogP contribution >= 0.6 is 0 Å². The molecule has 0 saturated carbocycles. The van der Waals surface area contributed by atoms with Crippen LogP contribution in [-0.2, 0) is 19.4 Å². The van der Waals surface area contributed by atoms with Crippen LogP contribution in [0.25, 0.3) is 22.2 Å². The fourth-order valence-corrected chi connectivity index (χ4v) is 5.58. The first kappa shape index (κ1) is 21.9. The van der Waals surface area contributed by atoms with Gasteiger partial charge in [0.25, 0.3) is 0 Å². The number of nitrogens with one attached hydrogen (secondary N) is 1. The van der Waals surface area contributed by atoms with Crippen LogP contribution in [0.5, 0.6) is 5.75 Å². The first-order valence-corrected chi connectivity index (χ1v) is 12.4. The Labute approximate surface area is 205 Å². The lowest BCUT2D eigenvalue weighted by Crippen LogP contribution is -2.31. The number of nitrogens with two attached hydrogens (primary N) is 1. The molecule has 0 atom stereocenters. The van der Waals surface area contributed by atoms with Gasteiger partial charge < -0.3 is 20.4 Å². The van der Waals surface area contributed by atoms with Gasteiger partial charge in [0.05, 0.1) is 23.3 Å². The Morgan fingerprint density at radius 2 is 1.91 bits per heavy atom. The van der Waals surface area contributed by atoms with Crippen LogP contribution in [-0.4, -0.2) is 33.1 Å². The van der Waals surface area contributed by atoms with Crippen LogP contribution in [0.1, 0.15) is 48.5 Å². The molecule has 6 rings (SSSR count). The summed E-state index contributed by atoms with van der Waals surface area (Å²) in [7, 11) is 0. The molecule has 2 aromatic heterocycles. The van der Waals surface area contributed by atoms with E-state index in [0.29, 0.717) is 12.6 Å². The van der Waals surface area contributed by atoms with Crippen LogP contribution in [0.3, 0.4) is 0 Å². The molecule has 0 amide bonds. The van der Waals surface area contributed by atoms with Crippen LogP contribution < -0.4 is 15.4 Å². The predicted molar refractivity (Wildman–Crippen MR) is 140 cm³/mol. The van der Waals surface area contributed by atoms with Crippen molar-refractivity contribution in [2.75, 3.05) is 23.8 Å². The minimum Gasteiger partial charge on any atom is -0.491 e. The number of ether oxygens (including phenoxy) is 1. The van der Waals surface area contributed by atoms with Crippen molar-refractivity contribution < 1.29 is 4.74 Å². The number of aromatic nitrogens is 4. The summed E-state index contributed by atoms with van der Waals surface area (Å²) < 4.78 is 6.28. The first-order chi connectivity index (χ1) is 16.8. The SMILES string of the molecule is Cc1nc2cc(-c3cc(C)c4c(c3)CN(c3nc(N)nc5c3CC(C)(C)CC5)CCO4)ccc2[nH]1. The molecular formula is C28H32N6O. The summed E-state index contributed by atoms with van der Waals surface area (Å²) in [6, 6.07) is 10.9. The van der Waals surface area contributed by atoms with Gasteiger partial charge >= 0.3 is 0 Å². The molecule has 3 heterocycles. The van der Waals surface area contributed by atoms with E-state index < -0.39 is 0 Å². The van der Waals surface area contributed by atoms with Gasteiger partial charge in [-0.15, -0.1) is 0 Å². The second-order valence-corrected chi connectivity index (χ2v) is 10.8. The molecule has 0 fully saturated rings. The standard InChI is InChI=1S/C28H32N6O/c1-16-11-19(18-5-6-23-24(13-18)31-17(2)30-23)12-20-15-34(9-10-35-25(16)20)26-21-14-28(3,4)8-7-22(21)32-27(29)33-26/h5-6,11-13H,7-10,14-15H2,1-4H3,(H,30,31)(H2,29,32,33). The highest BCUT2D eigenvalue weighted by atomic mass is 16.5. The fraction of sp³-hybridized carbons (Fsp3) is 0.393. The van der Waals surface area contributed by atoms with E-state index in [0.717, 1.165) is 83.2 Å². The van der Waals surface area contributed by atoms with Gasteiger partial charge in [0.15, 0.2) is 0 Å². The van der Waals surface area contributed by atoms with Crippen molar-refractivity contribution in [2.24, 2.45) is 5.41 Å². The van der Waals surface area contributed by atoms with Crippen molar-refractivity contribution in [2.45, 2.75) is 53.5 Å². The summed E-state index contributed by atoms with van der Waals surface area (Å²) >= 11 is 0. The number of aryl methyl sites for hydroxylation is 3. The average Bonchev–Trinajstić information content (AvgIpc) is 3.04. The molecule has 7 heteroatoms. The second kappa shape index (κ2) is 7.97. The van der Waals surface area contributed by atoms with Gasteiger partial charge in [-0.3, -0.25) is 0 Å². The lowest BCUT2D eigenvalue weighted by atomic mass is 9.76. The Kier molecular flexibility index (Phi) is 4.99. The molecule has 0 radical (unpaired) electrons. The van der Waals surface area contributed by atoms with E-state index in [1.165, 1.54) is 11.1 Å². The minimum atomic E-state index is 0.231. The number of benzene rings is 2. The smallest absolute Gasteiger partial charge is 0.222 e. The Hall–Kier alpha value is -3.61. The van der Waals surface area contributed by atoms with E-state index >= 15 is 0 Å². The highest BCUT2D eigenvalue weighted by Crippen LogP contribution is 2.40. The zero-order valence-electron chi connectivity index (χ0n) is 20.9. The molecule has 0 unspecified atom stereocenters. The molecule has 3 N–H and O–H groups in total. The van der Waals surface area contributed by atoms with Gasteiger partial charge in [0.1, 0.15) is 24.0 Å². The lowest BCUT2D eigenvalue weighted by molar-refractivity contribution is 0.311. The molecule has 0 bridgehead atoms. The van der Waals surface area contributed by atoms with Crippen molar-refractivity contribution in [3.63, 3.8) is 0 Å². The van der Waals surface area contributed by atoms with Crippen molar-refractivity contribution in [1.82, 2.24) is 19.9 Å². The van der Waals surface area contributed by atoms with Gasteiger partial charge in [0, 0.05) is 17.7 Å². The third-order valence-electron chi connectivity index (χ3n) is 7.34. The number of nitrogen functional groups attached to an aromatic ring is 1. The van der Waals surface area contributed by atoms with Crippen LogP contribution in [0.4, 0.5) is 11.8 Å². The molecule has 4 aromatic rings. The van der Waals surface area contributed by atoms with Crippen LogP contribution in [0.15, 0.2) is 30.3 Å². The second-order valence-electron chi connectivity index (χ2n) is 10.8. The molecule has 0 spiro atoms. The van der Waals surface area contributed by atoms with Crippen molar-refractivity contribution in [1.29, 1.82) is 0 Å². The first-order valence-electron chi connectivity index (χ1n) is 12.4. The molecular weight excluding hydrogens is 436 g/mol. The largest absolute Gasteiger partial charge is 0.491 e. The van der Waals surface area contributed by atoms with Crippen molar-refractivity contribution in [3.8, 4) is 16.9 Å². The molecule has 0 saturated heterocycles. The maximum atomic E-state index is 6.28. The number of hydrogen-bond donors (Lipinski definition) is 2. The number of H-pyrrole nitrogens is 1. The maximum absolute atomic E-state index is 6.28. The highest BCUT2D eigenvalue weighted by Gasteiger charge is 2.31. The molecule has 2 aliphatic rings. The van der Waals surface area contributed by atoms with E-state index in [-0.39, 0.29) is 5.41 Å². The fourth-order valence-electron chi connectivity index (χ4n) is 5.58. The molecule has 35 heavy (non-hydrogen) atoms. The number of aromatic amines is 1. The molecule has 2 aromatic carbocycles. The Bertz CT molecular complexity index is 1450. The average molecular weight is 469 g/mol.